The second-order valence-electron chi connectivity index (χ2n) is 9.35. The predicted molar refractivity (Wildman–Crippen MR) is 176 cm³/mol. The number of carbonyl (C=O) groups excluding carboxylic acids is 3. The van der Waals surface area contributed by atoms with Crippen molar-refractivity contribution in [1.82, 2.24) is 15.0 Å². The Morgan fingerprint density at radius 2 is 0.583 bits per heavy atom. The Morgan fingerprint density at radius 1 is 0.375 bits per heavy atom. The van der Waals surface area contributed by atoms with Gasteiger partial charge in [-0.05, 0) is 0 Å². The molecule has 48 heavy (non-hydrogen) atoms. The zero-order chi connectivity index (χ0) is 34.6. The lowest BCUT2D eigenvalue weighted by molar-refractivity contribution is 0.261. The molecule has 6 N–H and O–H groups in total. The van der Waals surface area contributed by atoms with E-state index in [0.717, 1.165) is 0 Å². The van der Waals surface area contributed by atoms with E-state index in [1.807, 2.05) is 0 Å². The second-order valence-corrected chi connectivity index (χ2v) is 9.35. The average molecular weight is 664 g/mol. The SMILES string of the molecule is COc1cc(NC(=O)Nc2nc(NC(=O)Nc3cc(OC)cc(OC)c3)nc(NC(=O)Nc3cc(OC)cc(OC)c3)n2)cc(OC)c1. The first-order chi connectivity index (χ1) is 23.1. The molecule has 0 saturated carbocycles. The molecule has 0 aliphatic carbocycles. The normalized spacial score (nSPS) is 10.1. The second kappa shape index (κ2) is 16.0. The van der Waals surface area contributed by atoms with Crippen molar-refractivity contribution in [2.75, 3.05) is 74.6 Å². The highest BCUT2D eigenvalue weighted by Gasteiger charge is 2.16. The van der Waals surface area contributed by atoms with E-state index in [9.17, 15) is 14.4 Å². The van der Waals surface area contributed by atoms with Crippen molar-refractivity contribution in [1.29, 1.82) is 0 Å². The predicted octanol–water partition coefficient (Wildman–Crippen LogP) is 4.86. The molecule has 18 nitrogen and oxygen atoms in total. The maximum Gasteiger partial charge on any atom is 0.326 e. The summed E-state index contributed by atoms with van der Waals surface area (Å²) in [6.07, 6.45) is 0. The monoisotopic (exact) mass is 663 g/mol. The van der Waals surface area contributed by atoms with Gasteiger partial charge in [0, 0.05) is 71.7 Å². The third-order valence-electron chi connectivity index (χ3n) is 6.14. The minimum atomic E-state index is -0.769. The van der Waals surface area contributed by atoms with E-state index in [4.69, 9.17) is 28.4 Å². The van der Waals surface area contributed by atoms with E-state index in [0.29, 0.717) is 51.6 Å². The fourth-order valence-corrected chi connectivity index (χ4v) is 3.97. The first kappa shape index (κ1) is 34.2. The van der Waals surface area contributed by atoms with Crippen LogP contribution >= 0.6 is 0 Å². The van der Waals surface area contributed by atoms with Crippen LogP contribution in [-0.2, 0) is 0 Å². The Kier molecular flexibility index (Phi) is 11.4. The lowest BCUT2D eigenvalue weighted by Crippen LogP contribution is -2.26. The van der Waals surface area contributed by atoms with Crippen LogP contribution in [0.15, 0.2) is 54.6 Å². The molecule has 252 valence electrons. The smallest absolute Gasteiger partial charge is 0.326 e. The highest BCUT2D eigenvalue weighted by atomic mass is 16.5. The van der Waals surface area contributed by atoms with E-state index >= 15 is 0 Å². The van der Waals surface area contributed by atoms with Crippen molar-refractivity contribution < 1.29 is 42.8 Å². The highest BCUT2D eigenvalue weighted by Crippen LogP contribution is 2.28. The van der Waals surface area contributed by atoms with Gasteiger partial charge in [-0.1, -0.05) is 0 Å². The molecule has 0 fully saturated rings. The van der Waals surface area contributed by atoms with Gasteiger partial charge in [0.1, 0.15) is 34.5 Å². The van der Waals surface area contributed by atoms with Crippen LogP contribution in [0.1, 0.15) is 0 Å². The summed E-state index contributed by atoms with van der Waals surface area (Å²) < 4.78 is 31.4. The number of carbonyl (C=O) groups is 3. The van der Waals surface area contributed by atoms with Gasteiger partial charge in [0.15, 0.2) is 0 Å². The minimum Gasteiger partial charge on any atom is -0.497 e. The molecule has 4 aromatic rings. The molecule has 0 bridgehead atoms. The van der Waals surface area contributed by atoms with Crippen LogP contribution in [0.25, 0.3) is 0 Å². The Balaban J connectivity index is 1.57. The third-order valence-corrected chi connectivity index (χ3v) is 6.14. The molecule has 1 aromatic heterocycles. The molecule has 6 amide bonds. The fourth-order valence-electron chi connectivity index (χ4n) is 3.97. The van der Waals surface area contributed by atoms with E-state index in [-0.39, 0.29) is 17.8 Å². The van der Waals surface area contributed by atoms with E-state index in [2.05, 4.69) is 46.9 Å². The third kappa shape index (κ3) is 9.64. The summed E-state index contributed by atoms with van der Waals surface area (Å²) in [6.45, 7) is 0. The van der Waals surface area contributed by atoms with Crippen molar-refractivity contribution in [3.63, 3.8) is 0 Å². The summed E-state index contributed by atoms with van der Waals surface area (Å²) in [7, 11) is 8.80. The fraction of sp³-hybridized carbons (Fsp3) is 0.200. The number of aromatic nitrogens is 3. The number of nitrogens with zero attached hydrogens (tertiary/aromatic N) is 3. The van der Waals surface area contributed by atoms with Crippen molar-refractivity contribution in [2.24, 2.45) is 0 Å². The number of benzene rings is 3. The van der Waals surface area contributed by atoms with Crippen molar-refractivity contribution >= 4 is 53.0 Å². The van der Waals surface area contributed by atoms with Crippen molar-refractivity contribution in [3.05, 3.63) is 54.6 Å². The molecule has 0 saturated heterocycles. The zero-order valence-corrected chi connectivity index (χ0v) is 26.7. The summed E-state index contributed by atoms with van der Waals surface area (Å²) in [5, 5.41) is 15.2. The van der Waals surface area contributed by atoms with Gasteiger partial charge in [0.05, 0.1) is 42.7 Å². The van der Waals surface area contributed by atoms with E-state index in [1.165, 1.54) is 42.7 Å². The van der Waals surface area contributed by atoms with Crippen LogP contribution < -0.4 is 60.3 Å². The van der Waals surface area contributed by atoms with Gasteiger partial charge in [-0.3, -0.25) is 16.0 Å². The van der Waals surface area contributed by atoms with Crippen LogP contribution in [0.3, 0.4) is 0 Å². The van der Waals surface area contributed by atoms with Gasteiger partial charge in [-0.2, -0.15) is 15.0 Å². The number of hydrogen-bond donors (Lipinski definition) is 6. The first-order valence-corrected chi connectivity index (χ1v) is 13.8. The van der Waals surface area contributed by atoms with Crippen LogP contribution in [0.4, 0.5) is 49.3 Å². The molecule has 4 rings (SSSR count). The number of rotatable bonds is 12. The van der Waals surface area contributed by atoms with Crippen LogP contribution in [0.2, 0.25) is 0 Å². The molecule has 0 aliphatic heterocycles. The van der Waals surface area contributed by atoms with Crippen molar-refractivity contribution in [3.8, 4) is 34.5 Å². The van der Waals surface area contributed by atoms with Crippen molar-refractivity contribution in [2.45, 2.75) is 0 Å². The van der Waals surface area contributed by atoms with Gasteiger partial charge in [0.2, 0.25) is 17.8 Å². The zero-order valence-electron chi connectivity index (χ0n) is 26.7. The van der Waals surface area contributed by atoms with Gasteiger partial charge in [-0.15, -0.1) is 0 Å². The topological polar surface area (TPSA) is 217 Å². The molecule has 18 heteroatoms. The molecule has 1 heterocycles. The van der Waals surface area contributed by atoms with E-state index < -0.39 is 18.1 Å². The number of nitrogens with one attached hydrogen (secondary N) is 6. The van der Waals surface area contributed by atoms with E-state index in [1.54, 1.807) is 54.6 Å². The first-order valence-electron chi connectivity index (χ1n) is 13.8. The summed E-state index contributed by atoms with van der Waals surface area (Å²) in [5.74, 6) is 1.62. The Labute approximate surface area is 274 Å². The van der Waals surface area contributed by atoms with Crippen LogP contribution in [0.5, 0.6) is 34.5 Å². The summed E-state index contributed by atoms with van der Waals surface area (Å²) in [4.78, 5) is 51.1. The quantitative estimate of drug-likeness (QED) is 0.120. The molecular weight excluding hydrogens is 630 g/mol. The number of anilines is 6. The maximum absolute atomic E-state index is 12.9. The molecule has 0 unspecified atom stereocenters. The highest BCUT2D eigenvalue weighted by molar-refractivity contribution is 6.02. The largest absolute Gasteiger partial charge is 0.497 e. The standard InChI is InChI=1S/C30H33N9O9/c1-43-19-7-16(8-20(13-19)44-2)31-28(40)37-25-34-26(38-29(41)32-17-9-21(45-3)14-22(10-17)46-4)36-27(35-25)39-30(42)33-18-11-23(47-5)15-24(12-18)48-6/h7-15H,1-6H3,(H6,31,32,33,34,35,36,37,38,39,40,41,42). The Hall–Kier alpha value is -6.72. The number of methoxy groups -OCH3 is 6. The van der Waals surface area contributed by atoms with Crippen LogP contribution in [-0.4, -0.2) is 75.7 Å². The number of hydrogen-bond acceptors (Lipinski definition) is 12. The molecule has 3 aromatic carbocycles. The lowest BCUT2D eigenvalue weighted by atomic mass is 10.3. The van der Waals surface area contributed by atoms with Gasteiger partial charge < -0.3 is 44.4 Å². The Morgan fingerprint density at radius 3 is 0.771 bits per heavy atom. The van der Waals surface area contributed by atoms with Crippen LogP contribution in [0, 0.1) is 0 Å². The molecule has 0 radical (unpaired) electrons. The number of amides is 6. The Bertz CT molecular complexity index is 1510. The minimum absolute atomic E-state index is 0.325. The van der Waals surface area contributed by atoms with Gasteiger partial charge in [0.25, 0.3) is 0 Å². The molecule has 0 atom stereocenters. The molecule has 0 aliphatic rings. The number of urea groups is 3. The molecule has 0 spiro atoms. The summed E-state index contributed by atoms with van der Waals surface area (Å²) >= 11 is 0. The molecular formula is C30H33N9O9. The maximum atomic E-state index is 12.9. The summed E-state index contributed by atoms with van der Waals surface area (Å²) in [6, 6.07) is 11.9. The van der Waals surface area contributed by atoms with Gasteiger partial charge >= 0.3 is 18.1 Å². The number of ether oxygens (including phenoxy) is 6. The summed E-state index contributed by atoms with van der Waals surface area (Å²) in [5.41, 5.74) is 0.988. The average Bonchev–Trinajstić information content (AvgIpc) is 3.07. The van der Waals surface area contributed by atoms with Gasteiger partial charge in [-0.25, -0.2) is 14.4 Å². The lowest BCUT2D eigenvalue weighted by Gasteiger charge is -2.13.